The van der Waals surface area contributed by atoms with Crippen molar-refractivity contribution in [2.24, 2.45) is 0 Å². The van der Waals surface area contributed by atoms with Gasteiger partial charge in [-0.2, -0.15) is 8.78 Å². The maximum atomic E-state index is 12.1. The molecule has 0 spiro atoms. The van der Waals surface area contributed by atoms with E-state index in [9.17, 15) is 23.2 Å². The summed E-state index contributed by atoms with van der Waals surface area (Å²) in [5.74, 6) is -1.93. The minimum atomic E-state index is -2.93. The van der Waals surface area contributed by atoms with Gasteiger partial charge >= 0.3 is 12.6 Å². The highest BCUT2D eigenvalue weighted by Crippen LogP contribution is 2.20. The van der Waals surface area contributed by atoms with E-state index in [2.05, 4.69) is 15.4 Å². The molecule has 0 saturated carbocycles. The van der Waals surface area contributed by atoms with E-state index in [-0.39, 0.29) is 29.5 Å². The Bertz CT molecular complexity index is 910. The SMILES string of the molecule is O=C(CNC(=O)c1ccc(Cl)cc1Cl)NCC(=O)OCc1ccc(OC(F)F)cc1. The minimum absolute atomic E-state index is 0.0192. The number of nitrogens with one attached hydrogen (secondary N) is 2. The Hall–Kier alpha value is -2.91. The van der Waals surface area contributed by atoms with Crippen molar-refractivity contribution in [1.29, 1.82) is 0 Å². The number of carbonyl (C=O) groups is 3. The van der Waals surface area contributed by atoms with Crippen molar-refractivity contribution in [1.82, 2.24) is 10.6 Å². The lowest BCUT2D eigenvalue weighted by molar-refractivity contribution is -0.145. The molecule has 0 bridgehead atoms. The van der Waals surface area contributed by atoms with Gasteiger partial charge in [0.1, 0.15) is 18.9 Å². The molecule has 160 valence electrons. The van der Waals surface area contributed by atoms with Gasteiger partial charge in [-0.3, -0.25) is 14.4 Å². The Morgan fingerprint density at radius 1 is 0.967 bits per heavy atom. The van der Waals surface area contributed by atoms with E-state index in [4.69, 9.17) is 27.9 Å². The number of ether oxygens (including phenoxy) is 2. The third kappa shape index (κ3) is 7.84. The molecule has 2 aromatic carbocycles. The smallest absolute Gasteiger partial charge is 0.387 e. The molecule has 30 heavy (non-hydrogen) atoms. The zero-order valence-electron chi connectivity index (χ0n) is 15.3. The first kappa shape index (κ1) is 23.4. The molecule has 2 N–H and O–H groups in total. The summed E-state index contributed by atoms with van der Waals surface area (Å²) in [5, 5.41) is 5.16. The fourth-order valence-corrected chi connectivity index (χ4v) is 2.64. The maximum absolute atomic E-state index is 12.1. The number of esters is 1. The molecule has 2 aromatic rings. The molecule has 0 aliphatic heterocycles. The Kier molecular flexibility index (Phi) is 8.82. The van der Waals surface area contributed by atoms with E-state index >= 15 is 0 Å². The Morgan fingerprint density at radius 3 is 2.30 bits per heavy atom. The zero-order valence-corrected chi connectivity index (χ0v) is 16.8. The summed E-state index contributed by atoms with van der Waals surface area (Å²) in [6.45, 7) is -3.83. The van der Waals surface area contributed by atoms with Crippen molar-refractivity contribution >= 4 is 41.0 Å². The average Bonchev–Trinajstić information content (AvgIpc) is 2.69. The summed E-state index contributed by atoms with van der Waals surface area (Å²) in [5.41, 5.74) is 0.696. The Morgan fingerprint density at radius 2 is 1.67 bits per heavy atom. The number of benzene rings is 2. The van der Waals surface area contributed by atoms with E-state index < -0.39 is 30.9 Å². The highest BCUT2D eigenvalue weighted by Gasteiger charge is 2.13. The van der Waals surface area contributed by atoms with Crippen LogP contribution < -0.4 is 15.4 Å². The number of amides is 2. The quantitative estimate of drug-likeness (QED) is 0.560. The summed E-state index contributed by atoms with van der Waals surface area (Å²) >= 11 is 11.7. The van der Waals surface area contributed by atoms with Crippen LogP contribution in [0.5, 0.6) is 5.75 Å². The second kappa shape index (κ2) is 11.3. The van der Waals surface area contributed by atoms with Crippen LogP contribution in [0.25, 0.3) is 0 Å². The summed E-state index contributed by atoms with van der Waals surface area (Å²) < 4.78 is 33.3. The molecule has 0 unspecified atom stereocenters. The van der Waals surface area contributed by atoms with E-state index in [0.29, 0.717) is 10.6 Å². The topological polar surface area (TPSA) is 93.7 Å². The van der Waals surface area contributed by atoms with E-state index in [1.54, 1.807) is 0 Å². The van der Waals surface area contributed by atoms with Crippen LogP contribution in [-0.2, 0) is 20.9 Å². The van der Waals surface area contributed by atoms with Gasteiger partial charge in [0.2, 0.25) is 5.91 Å². The Balaban J connectivity index is 1.69. The number of carbonyl (C=O) groups excluding carboxylic acids is 3. The summed E-state index contributed by atoms with van der Waals surface area (Å²) in [6.07, 6.45) is 0. The molecule has 11 heteroatoms. The van der Waals surface area contributed by atoms with Crippen molar-refractivity contribution in [3.8, 4) is 5.75 Å². The number of rotatable bonds is 9. The third-order valence-electron chi connectivity index (χ3n) is 3.56. The third-order valence-corrected chi connectivity index (χ3v) is 4.11. The van der Waals surface area contributed by atoms with E-state index in [1.807, 2.05) is 0 Å². The normalized spacial score (nSPS) is 10.4. The van der Waals surface area contributed by atoms with Crippen LogP contribution in [-0.4, -0.2) is 37.5 Å². The lowest BCUT2D eigenvalue weighted by Crippen LogP contribution is -2.39. The molecular weight excluding hydrogens is 445 g/mol. The molecule has 7 nitrogen and oxygen atoms in total. The first-order chi connectivity index (χ1) is 14.2. The molecule has 0 aliphatic rings. The molecule has 0 saturated heterocycles. The van der Waals surface area contributed by atoms with Crippen molar-refractivity contribution in [3.63, 3.8) is 0 Å². The van der Waals surface area contributed by atoms with E-state index in [1.165, 1.54) is 42.5 Å². The molecule has 0 aromatic heterocycles. The molecular formula is C19H16Cl2F2N2O5. The lowest BCUT2D eigenvalue weighted by atomic mass is 10.2. The first-order valence-electron chi connectivity index (χ1n) is 8.44. The second-order valence-electron chi connectivity index (χ2n) is 5.77. The highest BCUT2D eigenvalue weighted by atomic mass is 35.5. The number of alkyl halides is 2. The van der Waals surface area contributed by atoms with Crippen LogP contribution in [0.2, 0.25) is 10.0 Å². The Labute approximate surface area is 180 Å². The van der Waals surface area contributed by atoms with Crippen LogP contribution in [0, 0.1) is 0 Å². The van der Waals surface area contributed by atoms with Gasteiger partial charge in [-0.15, -0.1) is 0 Å². The molecule has 2 rings (SSSR count). The molecule has 0 radical (unpaired) electrons. The largest absolute Gasteiger partial charge is 0.460 e. The molecule has 0 heterocycles. The standard InChI is InChI=1S/C19H16Cl2F2N2O5/c20-12-3-6-14(15(21)7-12)18(28)25-8-16(26)24-9-17(27)29-10-11-1-4-13(5-2-11)30-19(22)23/h1-7,19H,8-10H2,(H,24,26)(H,25,28). The van der Waals surface area contributed by atoms with Crippen LogP contribution in [0.4, 0.5) is 8.78 Å². The van der Waals surface area contributed by atoms with Crippen molar-refractivity contribution < 1.29 is 32.6 Å². The highest BCUT2D eigenvalue weighted by molar-refractivity contribution is 6.36. The van der Waals surface area contributed by atoms with Gasteiger partial charge in [-0.25, -0.2) is 0 Å². The zero-order chi connectivity index (χ0) is 22.1. The van der Waals surface area contributed by atoms with Crippen molar-refractivity contribution in [3.05, 3.63) is 63.6 Å². The van der Waals surface area contributed by atoms with E-state index in [0.717, 1.165) is 0 Å². The fourth-order valence-electron chi connectivity index (χ4n) is 2.14. The monoisotopic (exact) mass is 460 g/mol. The molecule has 0 atom stereocenters. The van der Waals surface area contributed by atoms with Gasteiger partial charge in [-0.05, 0) is 35.9 Å². The second-order valence-corrected chi connectivity index (χ2v) is 6.61. The van der Waals surface area contributed by atoms with Crippen LogP contribution in [0.3, 0.4) is 0 Å². The summed E-state index contributed by atoms with van der Waals surface area (Å²) in [7, 11) is 0. The summed E-state index contributed by atoms with van der Waals surface area (Å²) in [6, 6.07) is 9.84. The predicted octanol–water partition coefficient (Wildman–Crippen LogP) is 3.18. The van der Waals surface area contributed by atoms with Gasteiger partial charge in [0.05, 0.1) is 17.1 Å². The summed E-state index contributed by atoms with van der Waals surface area (Å²) in [4.78, 5) is 35.5. The average molecular weight is 461 g/mol. The number of hydrogen-bond donors (Lipinski definition) is 2. The van der Waals surface area contributed by atoms with Crippen LogP contribution in [0.1, 0.15) is 15.9 Å². The minimum Gasteiger partial charge on any atom is -0.460 e. The number of halogens is 4. The molecule has 0 fully saturated rings. The van der Waals surface area contributed by atoms with Gasteiger partial charge < -0.3 is 20.1 Å². The van der Waals surface area contributed by atoms with Gasteiger partial charge in [0, 0.05) is 5.02 Å². The van der Waals surface area contributed by atoms with Gasteiger partial charge in [0.25, 0.3) is 5.91 Å². The molecule has 2 amide bonds. The molecule has 0 aliphatic carbocycles. The van der Waals surface area contributed by atoms with Crippen LogP contribution >= 0.6 is 23.2 Å². The fraction of sp³-hybridized carbons (Fsp3) is 0.211. The van der Waals surface area contributed by atoms with Crippen molar-refractivity contribution in [2.45, 2.75) is 13.2 Å². The lowest BCUT2D eigenvalue weighted by Gasteiger charge is -2.09. The maximum Gasteiger partial charge on any atom is 0.387 e. The van der Waals surface area contributed by atoms with Crippen LogP contribution in [0.15, 0.2) is 42.5 Å². The van der Waals surface area contributed by atoms with Gasteiger partial charge in [0.15, 0.2) is 0 Å². The predicted molar refractivity (Wildman–Crippen MR) is 105 cm³/mol. The number of hydrogen-bond acceptors (Lipinski definition) is 5. The van der Waals surface area contributed by atoms with Gasteiger partial charge in [-0.1, -0.05) is 35.3 Å². The first-order valence-corrected chi connectivity index (χ1v) is 9.19. The van der Waals surface area contributed by atoms with Crippen molar-refractivity contribution in [2.75, 3.05) is 13.1 Å².